The molecule has 0 N–H and O–H groups in total. The summed E-state index contributed by atoms with van der Waals surface area (Å²) in [6.07, 6.45) is 2.81. The first-order valence-electron chi connectivity index (χ1n) is 12.0. The lowest BCUT2D eigenvalue weighted by Gasteiger charge is -2.45. The monoisotopic (exact) mass is 491 g/mol. The number of carbonyl (C=O) groups excluding carboxylic acids is 1. The van der Waals surface area contributed by atoms with Gasteiger partial charge < -0.3 is 24.0 Å². The van der Waals surface area contributed by atoms with Gasteiger partial charge in [-0.15, -0.1) is 0 Å². The van der Waals surface area contributed by atoms with Crippen molar-refractivity contribution in [2.45, 2.75) is 50.7 Å². The number of alkyl halides is 1. The number of likely N-dealkylation sites (tertiary alicyclic amines) is 1. The Kier molecular flexibility index (Phi) is 6.59. The van der Waals surface area contributed by atoms with Crippen LogP contribution < -0.4 is 4.90 Å². The number of fused-ring (bicyclic) bond motifs is 1. The molecule has 7 nitrogen and oxygen atoms in total. The van der Waals surface area contributed by atoms with Crippen LogP contribution in [0.4, 0.5) is 18.9 Å². The Morgan fingerprint density at radius 2 is 1.97 bits per heavy atom. The highest BCUT2D eigenvalue weighted by Gasteiger charge is 2.42. The molecule has 5 rings (SSSR count). The minimum atomic E-state index is -1.48. The van der Waals surface area contributed by atoms with Gasteiger partial charge in [0.05, 0.1) is 31.1 Å². The average molecular weight is 492 g/mol. The van der Waals surface area contributed by atoms with Gasteiger partial charge in [0, 0.05) is 44.6 Å². The Labute approximate surface area is 201 Å². The van der Waals surface area contributed by atoms with Gasteiger partial charge in [0.2, 0.25) is 0 Å². The summed E-state index contributed by atoms with van der Waals surface area (Å²) < 4.78 is 60.7. The molecule has 0 amide bonds. The molecule has 10 heteroatoms. The van der Waals surface area contributed by atoms with Crippen LogP contribution in [0.25, 0.3) is 0 Å². The van der Waals surface area contributed by atoms with Crippen LogP contribution >= 0.6 is 0 Å². The maximum absolute atomic E-state index is 15.4. The Bertz CT molecular complexity index is 1070. The molecule has 0 aliphatic carbocycles. The fourth-order valence-electron chi connectivity index (χ4n) is 5.00. The number of hydrogen-bond acceptors (Lipinski definition) is 7. The summed E-state index contributed by atoms with van der Waals surface area (Å²) in [7, 11) is 0. The normalized spacial score (nSPS) is 26.0. The molecule has 0 radical (unpaired) electrons. The molecule has 0 bridgehead atoms. The van der Waals surface area contributed by atoms with Crippen molar-refractivity contribution in [2.24, 2.45) is 4.99 Å². The summed E-state index contributed by atoms with van der Waals surface area (Å²) >= 11 is 0. The molecule has 0 saturated carbocycles. The van der Waals surface area contributed by atoms with E-state index in [1.165, 1.54) is 23.2 Å². The number of rotatable bonds is 3. The van der Waals surface area contributed by atoms with Crippen molar-refractivity contribution in [2.75, 3.05) is 37.8 Å². The predicted octanol–water partition coefficient (Wildman–Crippen LogP) is 3.85. The SMILES string of the molecule is CCOC(=O)C1=CN(c2ccc(F)cc2F)C2N=C(N3CCC4(CC3)OCCCO4)C(F)C=C2C1. The smallest absolute Gasteiger partial charge is 0.335 e. The minimum Gasteiger partial charge on any atom is -0.463 e. The van der Waals surface area contributed by atoms with E-state index < -0.39 is 35.7 Å². The zero-order valence-corrected chi connectivity index (χ0v) is 19.5. The van der Waals surface area contributed by atoms with E-state index in [1.54, 1.807) is 6.92 Å². The quantitative estimate of drug-likeness (QED) is 0.473. The third-order valence-corrected chi connectivity index (χ3v) is 6.74. The third-order valence-electron chi connectivity index (χ3n) is 6.74. The third kappa shape index (κ3) is 4.69. The number of halogens is 3. The summed E-state index contributed by atoms with van der Waals surface area (Å²) in [6.45, 7) is 4.15. The highest BCUT2D eigenvalue weighted by Crippen LogP contribution is 2.38. The largest absolute Gasteiger partial charge is 0.463 e. The second kappa shape index (κ2) is 9.66. The number of amidine groups is 1. The van der Waals surface area contributed by atoms with E-state index in [2.05, 4.69) is 4.99 Å². The Morgan fingerprint density at radius 1 is 1.23 bits per heavy atom. The lowest BCUT2D eigenvalue weighted by Crippen LogP contribution is -2.54. The van der Waals surface area contributed by atoms with E-state index in [0.717, 1.165) is 18.6 Å². The van der Waals surface area contributed by atoms with E-state index in [9.17, 15) is 13.6 Å². The van der Waals surface area contributed by atoms with E-state index in [-0.39, 0.29) is 30.1 Å². The first kappa shape index (κ1) is 23.9. The number of hydrogen-bond donors (Lipinski definition) is 0. The van der Waals surface area contributed by atoms with Crippen molar-refractivity contribution >= 4 is 17.5 Å². The van der Waals surface area contributed by atoms with Crippen LogP contribution in [-0.4, -0.2) is 67.7 Å². The Balaban J connectivity index is 1.45. The molecule has 2 atom stereocenters. The van der Waals surface area contributed by atoms with Crippen LogP contribution in [0.3, 0.4) is 0 Å². The van der Waals surface area contributed by atoms with Crippen LogP contribution in [0.1, 0.15) is 32.6 Å². The van der Waals surface area contributed by atoms with Crippen molar-refractivity contribution in [3.63, 3.8) is 0 Å². The summed E-state index contributed by atoms with van der Waals surface area (Å²) in [5, 5.41) is 0. The predicted molar refractivity (Wildman–Crippen MR) is 122 cm³/mol. The van der Waals surface area contributed by atoms with Crippen LogP contribution in [-0.2, 0) is 19.0 Å². The van der Waals surface area contributed by atoms with Gasteiger partial charge in [-0.25, -0.2) is 23.0 Å². The number of carbonyl (C=O) groups is 1. The highest BCUT2D eigenvalue weighted by atomic mass is 19.1. The van der Waals surface area contributed by atoms with Gasteiger partial charge in [-0.3, -0.25) is 0 Å². The van der Waals surface area contributed by atoms with Crippen molar-refractivity contribution in [3.05, 3.63) is 53.3 Å². The molecule has 1 aromatic rings. The minimum absolute atomic E-state index is 0.0332. The van der Waals surface area contributed by atoms with Crippen LogP contribution in [0.15, 0.2) is 46.6 Å². The lowest BCUT2D eigenvalue weighted by atomic mass is 9.94. The number of benzene rings is 1. The standard InChI is InChI=1S/C25H28F3N3O4/c1-2-33-24(32)17-12-16-13-20(28)23(30-8-6-25(7-9-30)34-10-3-11-35-25)29-22(16)31(15-17)21-5-4-18(26)14-19(21)27/h4-5,13-15,20,22H,2-3,6-12H2,1H3. The van der Waals surface area contributed by atoms with Gasteiger partial charge in [0.15, 0.2) is 12.0 Å². The first-order chi connectivity index (χ1) is 16.9. The molecule has 188 valence electrons. The fraction of sp³-hybridized carbons (Fsp3) is 0.520. The van der Waals surface area contributed by atoms with E-state index in [4.69, 9.17) is 14.2 Å². The van der Waals surface area contributed by atoms with Gasteiger partial charge in [-0.1, -0.05) is 0 Å². The summed E-state index contributed by atoms with van der Waals surface area (Å²) in [5.74, 6) is -2.48. The number of anilines is 1. The second-order valence-electron chi connectivity index (χ2n) is 9.01. The van der Waals surface area contributed by atoms with Crippen molar-refractivity contribution in [1.82, 2.24) is 4.90 Å². The Hall–Kier alpha value is -2.85. The fourth-order valence-corrected chi connectivity index (χ4v) is 5.00. The van der Waals surface area contributed by atoms with Gasteiger partial charge in [-0.05, 0) is 37.1 Å². The van der Waals surface area contributed by atoms with Gasteiger partial charge >= 0.3 is 5.97 Å². The number of piperidine rings is 1. The molecular formula is C25H28F3N3O4. The van der Waals surface area contributed by atoms with Gasteiger partial charge in [-0.2, -0.15) is 0 Å². The molecule has 1 aromatic carbocycles. The first-order valence-corrected chi connectivity index (χ1v) is 12.0. The molecule has 2 fully saturated rings. The molecule has 1 spiro atoms. The average Bonchev–Trinajstić information content (AvgIpc) is 2.84. The van der Waals surface area contributed by atoms with Crippen molar-refractivity contribution < 1.29 is 32.2 Å². The lowest BCUT2D eigenvalue weighted by molar-refractivity contribution is -0.281. The van der Waals surface area contributed by atoms with E-state index in [1.807, 2.05) is 4.90 Å². The number of ether oxygens (including phenoxy) is 3. The summed E-state index contributed by atoms with van der Waals surface area (Å²) in [5.41, 5.74) is 0.796. The zero-order chi connectivity index (χ0) is 24.6. The van der Waals surface area contributed by atoms with Gasteiger partial charge in [0.25, 0.3) is 0 Å². The highest BCUT2D eigenvalue weighted by molar-refractivity contribution is 5.93. The molecule has 4 aliphatic heterocycles. The zero-order valence-electron chi connectivity index (χ0n) is 19.5. The Morgan fingerprint density at radius 3 is 2.66 bits per heavy atom. The molecule has 35 heavy (non-hydrogen) atoms. The molecule has 4 aliphatic rings. The molecular weight excluding hydrogens is 463 g/mol. The molecule has 2 saturated heterocycles. The number of esters is 1. The maximum Gasteiger partial charge on any atom is 0.335 e. The molecule has 2 unspecified atom stereocenters. The second-order valence-corrected chi connectivity index (χ2v) is 9.01. The van der Waals surface area contributed by atoms with E-state index >= 15 is 4.39 Å². The molecule has 0 aromatic heterocycles. The summed E-state index contributed by atoms with van der Waals surface area (Å²) in [6, 6.07) is 3.19. The van der Waals surface area contributed by atoms with Crippen LogP contribution in [0.5, 0.6) is 0 Å². The van der Waals surface area contributed by atoms with Crippen molar-refractivity contribution in [1.29, 1.82) is 0 Å². The van der Waals surface area contributed by atoms with Crippen molar-refractivity contribution in [3.8, 4) is 0 Å². The maximum atomic E-state index is 15.4. The number of aliphatic imine (C=N–C) groups is 1. The van der Waals surface area contributed by atoms with Crippen LogP contribution in [0.2, 0.25) is 0 Å². The molecule has 4 heterocycles. The van der Waals surface area contributed by atoms with Crippen LogP contribution in [0, 0.1) is 11.6 Å². The van der Waals surface area contributed by atoms with E-state index in [0.29, 0.717) is 44.7 Å². The number of dihydropyridines is 1. The summed E-state index contributed by atoms with van der Waals surface area (Å²) in [4.78, 5) is 20.5. The topological polar surface area (TPSA) is 63.6 Å². The number of nitrogens with zero attached hydrogens (tertiary/aromatic N) is 3. The van der Waals surface area contributed by atoms with Gasteiger partial charge in [0.1, 0.15) is 23.6 Å².